The quantitative estimate of drug-likeness (QED) is 0.298. The number of nitrogens with zero attached hydrogens (tertiary/aromatic N) is 4. The van der Waals surface area contributed by atoms with Gasteiger partial charge < -0.3 is 14.6 Å². The van der Waals surface area contributed by atoms with Crippen LogP contribution in [0.5, 0.6) is 11.5 Å². The molecule has 10 heteroatoms. The third kappa shape index (κ3) is 3.89. The van der Waals surface area contributed by atoms with Crippen molar-refractivity contribution in [3.8, 4) is 22.6 Å². The van der Waals surface area contributed by atoms with E-state index >= 15 is 0 Å². The molecule has 3 heterocycles. The number of rotatable bonds is 7. The Balaban J connectivity index is 2.09. The second-order valence-corrected chi connectivity index (χ2v) is 8.26. The summed E-state index contributed by atoms with van der Waals surface area (Å²) >= 11 is 14.9. The molecule has 0 spiro atoms. The van der Waals surface area contributed by atoms with Gasteiger partial charge in [-0.1, -0.05) is 35.0 Å². The van der Waals surface area contributed by atoms with E-state index < -0.39 is 0 Å². The molecule has 162 valence electrons. The molecule has 1 aromatic carbocycles. The number of pyridine rings is 1. The van der Waals surface area contributed by atoms with Crippen molar-refractivity contribution in [2.75, 3.05) is 27.1 Å². The number of thioether (sulfide) groups is 1. The van der Waals surface area contributed by atoms with Crippen LogP contribution in [0, 0.1) is 0 Å². The zero-order chi connectivity index (χ0) is 22.1. The first-order valence-corrected chi connectivity index (χ1v) is 11.4. The number of hydrogen-bond donors (Lipinski definition) is 1. The van der Waals surface area contributed by atoms with E-state index in [0.717, 1.165) is 16.7 Å². The van der Waals surface area contributed by atoms with Gasteiger partial charge in [-0.15, -0.1) is 0 Å². The lowest BCUT2D eigenvalue weighted by atomic mass is 10.0. The molecule has 0 aliphatic rings. The third-order valence-corrected chi connectivity index (χ3v) is 6.23. The van der Waals surface area contributed by atoms with Crippen molar-refractivity contribution in [3.05, 3.63) is 40.3 Å². The predicted octanol–water partition coefficient (Wildman–Crippen LogP) is 4.92. The Hall–Kier alpha value is -2.26. The summed E-state index contributed by atoms with van der Waals surface area (Å²) in [6.07, 6.45) is 6.85. The van der Waals surface area contributed by atoms with Crippen LogP contribution in [0.2, 0.25) is 10.0 Å². The smallest absolute Gasteiger partial charge is 0.189 e. The monoisotopic (exact) mass is 478 g/mol. The summed E-state index contributed by atoms with van der Waals surface area (Å²) < 4.78 is 12.8. The second-order valence-electron chi connectivity index (χ2n) is 6.73. The minimum Gasteiger partial charge on any atom is -0.495 e. The van der Waals surface area contributed by atoms with Crippen molar-refractivity contribution in [3.63, 3.8) is 0 Å². The Kier molecular flexibility index (Phi) is 6.43. The topological polar surface area (TPSA) is 81.8 Å². The van der Waals surface area contributed by atoms with Crippen molar-refractivity contribution in [2.45, 2.75) is 18.0 Å². The van der Waals surface area contributed by atoms with E-state index in [9.17, 15) is 5.11 Å². The molecule has 0 saturated heterocycles. The van der Waals surface area contributed by atoms with Crippen LogP contribution in [-0.4, -0.2) is 51.5 Å². The maximum atomic E-state index is 9.24. The van der Waals surface area contributed by atoms with Gasteiger partial charge in [0.15, 0.2) is 5.16 Å². The van der Waals surface area contributed by atoms with Gasteiger partial charge in [-0.2, -0.15) is 0 Å². The zero-order valence-electron chi connectivity index (χ0n) is 17.1. The first kappa shape index (κ1) is 22.0. The maximum absolute atomic E-state index is 9.24. The fourth-order valence-corrected chi connectivity index (χ4v) is 4.49. The number of halogens is 2. The number of ether oxygens (including phenoxy) is 2. The molecule has 0 aliphatic heterocycles. The number of aliphatic hydroxyl groups is 1. The van der Waals surface area contributed by atoms with Crippen LogP contribution in [0.15, 0.2) is 29.7 Å². The molecular formula is C21H20Cl2N4O3S. The first-order valence-electron chi connectivity index (χ1n) is 9.45. The van der Waals surface area contributed by atoms with Gasteiger partial charge >= 0.3 is 0 Å². The molecule has 0 unspecified atom stereocenters. The molecule has 3 aromatic heterocycles. The predicted molar refractivity (Wildman–Crippen MR) is 124 cm³/mol. The maximum Gasteiger partial charge on any atom is 0.189 e. The molecule has 4 rings (SSSR count). The number of benzene rings is 1. The Morgan fingerprint density at radius 2 is 1.77 bits per heavy atom. The van der Waals surface area contributed by atoms with E-state index in [0.29, 0.717) is 56.3 Å². The second kappa shape index (κ2) is 9.08. The van der Waals surface area contributed by atoms with Crippen LogP contribution >= 0.6 is 35.0 Å². The lowest BCUT2D eigenvalue weighted by Gasteiger charge is -2.16. The highest BCUT2D eigenvalue weighted by atomic mass is 35.5. The SMILES string of the molecule is COc1cc(OC)c(Cl)c(-c2cc3cnc(SC)nc3n3cc(CCCO)nc23)c1Cl. The Morgan fingerprint density at radius 3 is 2.39 bits per heavy atom. The number of hydrogen-bond acceptors (Lipinski definition) is 7. The number of aryl methyl sites for hydroxylation is 1. The Labute approximate surface area is 193 Å². The third-order valence-electron chi connectivity index (χ3n) is 4.92. The largest absolute Gasteiger partial charge is 0.495 e. The molecule has 0 radical (unpaired) electrons. The number of methoxy groups -OCH3 is 2. The average Bonchev–Trinajstić information content (AvgIpc) is 3.22. The fraction of sp³-hybridized carbons (Fsp3) is 0.286. The van der Waals surface area contributed by atoms with Crippen LogP contribution in [0.4, 0.5) is 0 Å². The minimum absolute atomic E-state index is 0.0883. The number of aromatic nitrogens is 4. The van der Waals surface area contributed by atoms with Gasteiger partial charge in [0.2, 0.25) is 0 Å². The summed E-state index contributed by atoms with van der Waals surface area (Å²) in [7, 11) is 3.07. The van der Waals surface area contributed by atoms with E-state index in [2.05, 4.69) is 9.97 Å². The van der Waals surface area contributed by atoms with Gasteiger partial charge in [0.05, 0.1) is 30.0 Å². The fourth-order valence-electron chi connectivity index (χ4n) is 3.45. The first-order chi connectivity index (χ1) is 15.0. The molecule has 1 N–H and O–H groups in total. The van der Waals surface area contributed by atoms with Crippen molar-refractivity contribution >= 4 is 51.6 Å². The molecule has 0 aliphatic carbocycles. The summed E-state index contributed by atoms with van der Waals surface area (Å²) in [6.45, 7) is 0.0883. The molecule has 4 aromatic rings. The van der Waals surface area contributed by atoms with Crippen LogP contribution in [0.1, 0.15) is 12.1 Å². The van der Waals surface area contributed by atoms with E-state index in [1.165, 1.54) is 26.0 Å². The summed E-state index contributed by atoms with van der Waals surface area (Å²) in [5.74, 6) is 0.884. The summed E-state index contributed by atoms with van der Waals surface area (Å²) in [6, 6.07) is 3.57. The summed E-state index contributed by atoms with van der Waals surface area (Å²) in [5, 5.41) is 11.4. The minimum atomic E-state index is 0.0883. The molecular weight excluding hydrogens is 459 g/mol. The summed E-state index contributed by atoms with van der Waals surface area (Å²) in [5.41, 5.74) is 3.46. The lowest BCUT2D eigenvalue weighted by Crippen LogP contribution is -1.98. The Bertz CT molecular complexity index is 1250. The standard InChI is InChI=1S/C21H20Cl2N4O3S/c1-29-14-8-15(30-2)18(23)16(17(14)22)13-7-11-9-24-21(31-3)26-19(11)27-10-12(5-4-6-28)25-20(13)27/h7-10,28H,4-6H2,1-3H3. The highest BCUT2D eigenvalue weighted by molar-refractivity contribution is 7.98. The highest BCUT2D eigenvalue weighted by Gasteiger charge is 2.23. The van der Waals surface area contributed by atoms with E-state index in [4.69, 9.17) is 37.7 Å². The normalized spacial score (nSPS) is 11.4. The van der Waals surface area contributed by atoms with E-state index in [-0.39, 0.29) is 6.61 Å². The van der Waals surface area contributed by atoms with Crippen LogP contribution < -0.4 is 9.47 Å². The average molecular weight is 479 g/mol. The van der Waals surface area contributed by atoms with Crippen LogP contribution in [0.3, 0.4) is 0 Å². The highest BCUT2D eigenvalue weighted by Crippen LogP contribution is 2.47. The van der Waals surface area contributed by atoms with Crippen LogP contribution in [0.25, 0.3) is 27.8 Å². The van der Waals surface area contributed by atoms with Gasteiger partial charge in [-0.3, -0.25) is 4.40 Å². The van der Waals surface area contributed by atoms with Gasteiger partial charge in [-0.25, -0.2) is 15.0 Å². The molecule has 0 amide bonds. The molecule has 0 atom stereocenters. The molecule has 31 heavy (non-hydrogen) atoms. The molecule has 0 fully saturated rings. The summed E-state index contributed by atoms with van der Waals surface area (Å²) in [4.78, 5) is 13.9. The molecule has 0 bridgehead atoms. The van der Waals surface area contributed by atoms with Gasteiger partial charge in [0.25, 0.3) is 0 Å². The van der Waals surface area contributed by atoms with Crippen molar-refractivity contribution in [2.24, 2.45) is 0 Å². The Morgan fingerprint density at radius 1 is 1.06 bits per heavy atom. The zero-order valence-corrected chi connectivity index (χ0v) is 19.5. The number of aliphatic hydroxyl groups excluding tert-OH is 1. The van der Waals surface area contributed by atoms with Gasteiger partial charge in [0.1, 0.15) is 22.8 Å². The van der Waals surface area contributed by atoms with E-state index in [1.807, 2.05) is 22.9 Å². The van der Waals surface area contributed by atoms with Gasteiger partial charge in [0, 0.05) is 41.6 Å². The van der Waals surface area contributed by atoms with Gasteiger partial charge in [-0.05, 0) is 25.2 Å². The molecule has 0 saturated carbocycles. The molecule has 7 nitrogen and oxygen atoms in total. The van der Waals surface area contributed by atoms with E-state index in [1.54, 1.807) is 12.3 Å². The lowest BCUT2D eigenvalue weighted by molar-refractivity contribution is 0.288. The van der Waals surface area contributed by atoms with Crippen molar-refractivity contribution < 1.29 is 14.6 Å². The van der Waals surface area contributed by atoms with Crippen LogP contribution in [-0.2, 0) is 6.42 Å². The van der Waals surface area contributed by atoms with Crippen molar-refractivity contribution in [1.29, 1.82) is 0 Å². The van der Waals surface area contributed by atoms with Crippen molar-refractivity contribution in [1.82, 2.24) is 19.4 Å². The number of imidazole rings is 1. The number of fused-ring (bicyclic) bond motifs is 3.